The molecule has 0 radical (unpaired) electrons. The maximum absolute atomic E-state index is 10.1. The molecule has 0 aliphatic heterocycles. The van der Waals surface area contributed by atoms with Crippen LogP contribution in [0.5, 0.6) is 0 Å². The van der Waals surface area contributed by atoms with Crippen molar-refractivity contribution in [2.24, 2.45) is 0 Å². The highest BCUT2D eigenvalue weighted by atomic mass is 16.1. The lowest BCUT2D eigenvalue weighted by atomic mass is 10.2. The summed E-state index contributed by atoms with van der Waals surface area (Å²) in [6.45, 7) is 2.96. The van der Waals surface area contributed by atoms with E-state index in [2.05, 4.69) is 17.2 Å². The highest BCUT2D eigenvalue weighted by molar-refractivity contribution is 5.48. The summed E-state index contributed by atoms with van der Waals surface area (Å²) in [5, 5.41) is 7.80. The van der Waals surface area contributed by atoms with Crippen molar-refractivity contribution in [1.29, 1.82) is 0 Å². The number of unbranched alkanes of at least 4 members (excludes halogenated alkanes) is 2. The van der Waals surface area contributed by atoms with Crippen LogP contribution in [0.2, 0.25) is 0 Å². The van der Waals surface area contributed by atoms with Crippen LogP contribution < -0.4 is 0 Å². The Morgan fingerprint density at radius 1 is 1.54 bits per heavy atom. The topological polar surface area (TPSA) is 47.8 Å². The summed E-state index contributed by atoms with van der Waals surface area (Å²) in [5.41, 5.74) is 1.16. The van der Waals surface area contributed by atoms with E-state index in [1.54, 1.807) is 6.20 Å². The van der Waals surface area contributed by atoms with E-state index < -0.39 is 0 Å². The molecule has 1 aromatic heterocycles. The van der Waals surface area contributed by atoms with Gasteiger partial charge in [-0.15, -0.1) is 5.10 Å². The number of aldehydes is 1. The van der Waals surface area contributed by atoms with E-state index in [4.69, 9.17) is 0 Å². The van der Waals surface area contributed by atoms with Gasteiger partial charge in [0.25, 0.3) is 0 Å². The van der Waals surface area contributed by atoms with Crippen molar-refractivity contribution in [2.75, 3.05) is 0 Å². The van der Waals surface area contributed by atoms with E-state index in [9.17, 15) is 4.79 Å². The van der Waals surface area contributed by atoms with Gasteiger partial charge in [-0.05, 0) is 19.3 Å². The molecule has 1 aromatic rings. The fourth-order valence-electron chi connectivity index (χ4n) is 1.23. The Labute approximate surface area is 77.9 Å². The first-order valence-electron chi connectivity index (χ1n) is 4.69. The maximum atomic E-state index is 10.1. The van der Waals surface area contributed by atoms with Gasteiger partial charge in [0.15, 0.2) is 0 Å². The number of aryl methyl sites for hydroxylation is 2. The molecule has 0 atom stereocenters. The standard InChI is InChI=1S/C9H15N3O/c1-2-9-8-10-11-12(9)6-4-3-5-7-13/h7-8H,2-6H2,1H3. The minimum Gasteiger partial charge on any atom is -0.303 e. The first kappa shape index (κ1) is 9.89. The van der Waals surface area contributed by atoms with Crippen LogP contribution in [0, 0.1) is 0 Å². The Kier molecular flexibility index (Phi) is 4.15. The van der Waals surface area contributed by atoms with Crippen LogP contribution in [0.15, 0.2) is 6.20 Å². The Bertz CT molecular complexity index is 257. The lowest BCUT2D eigenvalue weighted by Crippen LogP contribution is -2.04. The van der Waals surface area contributed by atoms with Crippen molar-refractivity contribution >= 4 is 6.29 Å². The van der Waals surface area contributed by atoms with Crippen molar-refractivity contribution in [3.8, 4) is 0 Å². The highest BCUT2D eigenvalue weighted by Crippen LogP contribution is 2.01. The van der Waals surface area contributed by atoms with Crippen molar-refractivity contribution in [3.05, 3.63) is 11.9 Å². The van der Waals surface area contributed by atoms with Crippen LogP contribution in [-0.4, -0.2) is 21.3 Å². The largest absolute Gasteiger partial charge is 0.303 e. The second-order valence-electron chi connectivity index (χ2n) is 2.96. The number of rotatable bonds is 6. The molecule has 0 aliphatic carbocycles. The van der Waals surface area contributed by atoms with Gasteiger partial charge in [0.05, 0.1) is 11.9 Å². The van der Waals surface area contributed by atoms with Gasteiger partial charge in [-0.3, -0.25) is 0 Å². The molecular weight excluding hydrogens is 166 g/mol. The van der Waals surface area contributed by atoms with E-state index in [1.807, 2.05) is 4.68 Å². The molecule has 0 unspecified atom stereocenters. The SMILES string of the molecule is CCc1cnnn1CCCCC=O. The fourth-order valence-corrected chi connectivity index (χ4v) is 1.23. The summed E-state index contributed by atoms with van der Waals surface area (Å²) in [5.74, 6) is 0. The summed E-state index contributed by atoms with van der Waals surface area (Å²) in [6, 6.07) is 0. The Morgan fingerprint density at radius 2 is 2.38 bits per heavy atom. The monoisotopic (exact) mass is 181 g/mol. The molecule has 0 amide bonds. The van der Waals surface area contributed by atoms with Gasteiger partial charge in [-0.2, -0.15) is 0 Å². The van der Waals surface area contributed by atoms with E-state index in [0.29, 0.717) is 6.42 Å². The van der Waals surface area contributed by atoms with Gasteiger partial charge in [-0.1, -0.05) is 12.1 Å². The zero-order valence-corrected chi connectivity index (χ0v) is 7.94. The summed E-state index contributed by atoms with van der Waals surface area (Å²) in [4.78, 5) is 10.1. The summed E-state index contributed by atoms with van der Waals surface area (Å²) < 4.78 is 1.91. The third-order valence-electron chi connectivity index (χ3n) is 2.00. The molecule has 1 rings (SSSR count). The van der Waals surface area contributed by atoms with Gasteiger partial charge in [0.1, 0.15) is 6.29 Å². The average molecular weight is 181 g/mol. The van der Waals surface area contributed by atoms with E-state index in [0.717, 1.165) is 37.8 Å². The molecule has 13 heavy (non-hydrogen) atoms. The van der Waals surface area contributed by atoms with Gasteiger partial charge in [0, 0.05) is 13.0 Å². The number of hydrogen-bond donors (Lipinski definition) is 0. The molecule has 0 aliphatic rings. The van der Waals surface area contributed by atoms with E-state index in [-0.39, 0.29) is 0 Å². The number of nitrogens with zero attached hydrogens (tertiary/aromatic N) is 3. The molecular formula is C9H15N3O. The van der Waals surface area contributed by atoms with Crippen LogP contribution in [-0.2, 0) is 17.8 Å². The molecule has 0 spiro atoms. The van der Waals surface area contributed by atoms with Crippen molar-refractivity contribution in [3.63, 3.8) is 0 Å². The lowest BCUT2D eigenvalue weighted by Gasteiger charge is -2.02. The predicted octanol–water partition coefficient (Wildman–Crippen LogP) is 1.21. The molecule has 4 nitrogen and oxygen atoms in total. The first-order chi connectivity index (χ1) is 6.38. The molecule has 72 valence electrons. The van der Waals surface area contributed by atoms with Gasteiger partial charge in [-0.25, -0.2) is 4.68 Å². The molecule has 0 N–H and O–H groups in total. The minimum absolute atomic E-state index is 0.649. The Hall–Kier alpha value is -1.19. The van der Waals surface area contributed by atoms with Gasteiger partial charge >= 0.3 is 0 Å². The van der Waals surface area contributed by atoms with Crippen LogP contribution in [0.3, 0.4) is 0 Å². The van der Waals surface area contributed by atoms with Crippen LogP contribution >= 0.6 is 0 Å². The minimum atomic E-state index is 0.649. The molecule has 0 saturated carbocycles. The van der Waals surface area contributed by atoms with E-state index in [1.165, 1.54) is 0 Å². The quantitative estimate of drug-likeness (QED) is 0.489. The van der Waals surface area contributed by atoms with Gasteiger partial charge < -0.3 is 4.79 Å². The van der Waals surface area contributed by atoms with Crippen molar-refractivity contribution < 1.29 is 4.79 Å². The van der Waals surface area contributed by atoms with Crippen molar-refractivity contribution in [2.45, 2.75) is 39.2 Å². The van der Waals surface area contributed by atoms with Crippen LogP contribution in [0.1, 0.15) is 31.9 Å². The fraction of sp³-hybridized carbons (Fsp3) is 0.667. The summed E-state index contributed by atoms with van der Waals surface area (Å²) >= 11 is 0. The second kappa shape index (κ2) is 5.45. The van der Waals surface area contributed by atoms with Crippen LogP contribution in [0.25, 0.3) is 0 Å². The molecule has 4 heteroatoms. The maximum Gasteiger partial charge on any atom is 0.119 e. The molecule has 1 heterocycles. The average Bonchev–Trinajstić information content (AvgIpc) is 2.60. The zero-order valence-electron chi connectivity index (χ0n) is 7.94. The normalized spacial score (nSPS) is 10.2. The zero-order chi connectivity index (χ0) is 9.52. The molecule has 0 bridgehead atoms. The number of carbonyl (C=O) groups excluding carboxylic acids is 1. The number of carbonyl (C=O) groups is 1. The lowest BCUT2D eigenvalue weighted by molar-refractivity contribution is -0.107. The summed E-state index contributed by atoms with van der Waals surface area (Å²) in [6.07, 6.45) is 6.29. The third-order valence-corrected chi connectivity index (χ3v) is 2.00. The molecule has 0 saturated heterocycles. The molecule has 0 aromatic carbocycles. The second-order valence-corrected chi connectivity index (χ2v) is 2.96. The van der Waals surface area contributed by atoms with E-state index >= 15 is 0 Å². The van der Waals surface area contributed by atoms with Crippen molar-refractivity contribution in [1.82, 2.24) is 15.0 Å². The van der Waals surface area contributed by atoms with Gasteiger partial charge in [0.2, 0.25) is 0 Å². The number of aromatic nitrogens is 3. The Balaban J connectivity index is 2.31. The highest BCUT2D eigenvalue weighted by Gasteiger charge is 1.99. The summed E-state index contributed by atoms with van der Waals surface area (Å²) in [7, 11) is 0. The first-order valence-corrected chi connectivity index (χ1v) is 4.69. The smallest absolute Gasteiger partial charge is 0.119 e. The molecule has 0 fully saturated rings. The number of hydrogen-bond acceptors (Lipinski definition) is 3. The predicted molar refractivity (Wildman–Crippen MR) is 49.3 cm³/mol. The van der Waals surface area contributed by atoms with Crippen LogP contribution in [0.4, 0.5) is 0 Å². The third kappa shape index (κ3) is 2.97. The Morgan fingerprint density at radius 3 is 3.08 bits per heavy atom.